The SMILES string of the molecule is C.COc1cc(/C=N/NC(=O)c2sc(N)nc2C)ccc1O. The van der Waals surface area contributed by atoms with E-state index in [1.54, 1.807) is 19.1 Å². The van der Waals surface area contributed by atoms with Crippen LogP contribution in [0.1, 0.15) is 28.4 Å². The third-order valence-corrected chi connectivity index (χ3v) is 3.59. The summed E-state index contributed by atoms with van der Waals surface area (Å²) in [5.74, 6) is -0.00510. The summed E-state index contributed by atoms with van der Waals surface area (Å²) in [5.41, 5.74) is 9.17. The van der Waals surface area contributed by atoms with Crippen molar-refractivity contribution in [3.63, 3.8) is 0 Å². The van der Waals surface area contributed by atoms with Gasteiger partial charge in [-0.25, -0.2) is 10.4 Å². The van der Waals surface area contributed by atoms with E-state index in [0.717, 1.165) is 11.3 Å². The van der Waals surface area contributed by atoms with Crippen LogP contribution in [-0.4, -0.2) is 29.3 Å². The van der Waals surface area contributed by atoms with Gasteiger partial charge in [0.2, 0.25) is 0 Å². The van der Waals surface area contributed by atoms with E-state index < -0.39 is 0 Å². The van der Waals surface area contributed by atoms with Gasteiger partial charge in [0.1, 0.15) is 4.88 Å². The van der Waals surface area contributed by atoms with Crippen molar-refractivity contribution in [2.45, 2.75) is 14.4 Å². The molecule has 1 aromatic carbocycles. The number of anilines is 1. The van der Waals surface area contributed by atoms with Crippen LogP contribution in [-0.2, 0) is 0 Å². The van der Waals surface area contributed by atoms with Crippen molar-refractivity contribution in [1.82, 2.24) is 10.4 Å². The Hall–Kier alpha value is -2.61. The molecule has 0 spiro atoms. The van der Waals surface area contributed by atoms with Gasteiger partial charge in [-0.05, 0) is 30.7 Å². The van der Waals surface area contributed by atoms with Crippen LogP contribution in [0.25, 0.3) is 0 Å². The molecule has 1 heterocycles. The highest BCUT2D eigenvalue weighted by molar-refractivity contribution is 7.17. The molecule has 22 heavy (non-hydrogen) atoms. The number of hydrogen-bond acceptors (Lipinski definition) is 7. The van der Waals surface area contributed by atoms with Crippen LogP contribution in [0.15, 0.2) is 23.3 Å². The fraction of sp³-hybridized carbons (Fsp3) is 0.214. The molecule has 0 atom stereocenters. The van der Waals surface area contributed by atoms with E-state index in [4.69, 9.17) is 10.5 Å². The van der Waals surface area contributed by atoms with E-state index in [1.807, 2.05) is 0 Å². The van der Waals surface area contributed by atoms with E-state index in [0.29, 0.717) is 27.0 Å². The number of nitrogens with one attached hydrogen (secondary N) is 1. The minimum atomic E-state index is -0.372. The molecule has 7 nitrogen and oxygen atoms in total. The Morgan fingerprint density at radius 1 is 1.55 bits per heavy atom. The molecule has 0 aliphatic rings. The number of aromatic hydroxyl groups is 1. The Morgan fingerprint density at radius 3 is 2.86 bits per heavy atom. The number of amides is 1. The number of hydrogen-bond donors (Lipinski definition) is 3. The number of methoxy groups -OCH3 is 1. The first kappa shape index (κ1) is 17.4. The number of aryl methyl sites for hydroxylation is 1. The van der Waals surface area contributed by atoms with E-state index >= 15 is 0 Å². The number of carbonyl (C=O) groups excluding carboxylic acids is 1. The van der Waals surface area contributed by atoms with Crippen molar-refractivity contribution in [2.75, 3.05) is 12.8 Å². The smallest absolute Gasteiger partial charge is 0.283 e. The molecule has 0 saturated carbocycles. The van der Waals surface area contributed by atoms with E-state index in [9.17, 15) is 9.90 Å². The van der Waals surface area contributed by atoms with Crippen molar-refractivity contribution >= 4 is 28.6 Å². The number of nitrogen functional groups attached to an aromatic ring is 1. The number of thiazole rings is 1. The fourth-order valence-electron chi connectivity index (χ4n) is 1.62. The largest absolute Gasteiger partial charge is 0.504 e. The number of carbonyl (C=O) groups is 1. The zero-order chi connectivity index (χ0) is 15.4. The fourth-order valence-corrected chi connectivity index (χ4v) is 2.34. The van der Waals surface area contributed by atoms with Crippen LogP contribution in [0.3, 0.4) is 0 Å². The molecule has 0 fully saturated rings. The quantitative estimate of drug-likeness (QED) is 0.590. The molecular formula is C14H18N4O3S. The van der Waals surface area contributed by atoms with Crippen LogP contribution >= 0.6 is 11.3 Å². The number of nitrogens with two attached hydrogens (primary N) is 1. The zero-order valence-corrected chi connectivity index (χ0v) is 12.3. The van der Waals surface area contributed by atoms with Crippen molar-refractivity contribution in [3.8, 4) is 11.5 Å². The Bertz CT molecular complexity index is 697. The van der Waals surface area contributed by atoms with E-state index in [1.165, 1.54) is 19.4 Å². The number of phenolic OH excluding ortho intramolecular Hbond substituents is 1. The molecule has 1 aromatic heterocycles. The van der Waals surface area contributed by atoms with Gasteiger partial charge in [-0.15, -0.1) is 0 Å². The second-order valence-electron chi connectivity index (χ2n) is 4.10. The molecule has 0 aliphatic heterocycles. The third-order valence-electron chi connectivity index (χ3n) is 2.60. The minimum absolute atomic E-state index is 0. The number of benzene rings is 1. The number of nitrogens with zero attached hydrogens (tertiary/aromatic N) is 2. The van der Waals surface area contributed by atoms with Gasteiger partial charge in [0.25, 0.3) is 5.91 Å². The van der Waals surface area contributed by atoms with Gasteiger partial charge in [0.05, 0.1) is 19.0 Å². The van der Waals surface area contributed by atoms with Gasteiger partial charge >= 0.3 is 0 Å². The predicted molar refractivity (Wildman–Crippen MR) is 87.7 cm³/mol. The molecule has 2 rings (SSSR count). The average Bonchev–Trinajstić information content (AvgIpc) is 2.79. The highest BCUT2D eigenvalue weighted by atomic mass is 32.1. The van der Waals surface area contributed by atoms with Gasteiger partial charge < -0.3 is 15.6 Å². The highest BCUT2D eigenvalue weighted by Crippen LogP contribution is 2.25. The minimum Gasteiger partial charge on any atom is -0.504 e. The molecule has 118 valence electrons. The number of ether oxygens (including phenoxy) is 1. The predicted octanol–water partition coefficient (Wildman–Crippen LogP) is 2.15. The second-order valence-corrected chi connectivity index (χ2v) is 5.13. The van der Waals surface area contributed by atoms with Gasteiger partial charge in [-0.2, -0.15) is 5.10 Å². The molecule has 4 N–H and O–H groups in total. The lowest BCUT2D eigenvalue weighted by molar-refractivity contribution is 0.0958. The summed E-state index contributed by atoms with van der Waals surface area (Å²) >= 11 is 1.10. The maximum Gasteiger partial charge on any atom is 0.283 e. The van der Waals surface area contributed by atoms with Gasteiger partial charge in [0, 0.05) is 0 Å². The second kappa shape index (κ2) is 7.41. The summed E-state index contributed by atoms with van der Waals surface area (Å²) < 4.78 is 4.98. The molecule has 0 aliphatic carbocycles. The normalized spacial score (nSPS) is 10.3. The topological polar surface area (TPSA) is 110 Å². The van der Waals surface area contributed by atoms with Gasteiger partial charge in [-0.1, -0.05) is 18.8 Å². The zero-order valence-electron chi connectivity index (χ0n) is 11.5. The van der Waals surface area contributed by atoms with Crippen LogP contribution in [0, 0.1) is 6.92 Å². The van der Waals surface area contributed by atoms with Crippen LogP contribution in [0.4, 0.5) is 5.13 Å². The molecule has 2 aromatic rings. The molecule has 0 bridgehead atoms. The molecule has 8 heteroatoms. The number of aromatic nitrogens is 1. The maximum atomic E-state index is 11.9. The number of phenols is 1. The molecular weight excluding hydrogens is 304 g/mol. The Labute approximate surface area is 132 Å². The van der Waals surface area contributed by atoms with E-state index in [2.05, 4.69) is 15.5 Å². The summed E-state index contributed by atoms with van der Waals surface area (Å²) in [6.45, 7) is 1.70. The van der Waals surface area contributed by atoms with Crippen LogP contribution in [0.5, 0.6) is 11.5 Å². The number of rotatable bonds is 4. The standard InChI is InChI=1S/C13H14N4O3S.CH4/c1-7-11(21-13(14)16-7)12(19)17-15-6-8-3-4-9(18)10(5-8)20-2;/h3-6,18H,1-2H3,(H2,14,16)(H,17,19);1H4/b15-6+;. The molecule has 1 amide bonds. The van der Waals surface area contributed by atoms with Crippen molar-refractivity contribution in [2.24, 2.45) is 5.10 Å². The van der Waals surface area contributed by atoms with Crippen molar-refractivity contribution in [1.29, 1.82) is 0 Å². The molecule has 0 saturated heterocycles. The first-order valence-electron chi connectivity index (χ1n) is 5.94. The first-order valence-corrected chi connectivity index (χ1v) is 6.76. The molecule has 0 unspecified atom stereocenters. The third kappa shape index (κ3) is 3.95. The maximum absolute atomic E-state index is 11.9. The summed E-state index contributed by atoms with van der Waals surface area (Å²) in [6, 6.07) is 4.72. The lowest BCUT2D eigenvalue weighted by Crippen LogP contribution is -2.17. The number of hydrazone groups is 1. The van der Waals surface area contributed by atoms with Crippen LogP contribution < -0.4 is 15.9 Å². The summed E-state index contributed by atoms with van der Waals surface area (Å²) in [5, 5.41) is 13.7. The highest BCUT2D eigenvalue weighted by Gasteiger charge is 2.13. The summed E-state index contributed by atoms with van der Waals surface area (Å²) in [6.07, 6.45) is 1.44. The Balaban J connectivity index is 0.00000242. The van der Waals surface area contributed by atoms with Gasteiger partial charge in [0.15, 0.2) is 16.6 Å². The Morgan fingerprint density at radius 2 is 2.27 bits per heavy atom. The Kier molecular flexibility index (Phi) is 5.88. The summed E-state index contributed by atoms with van der Waals surface area (Å²) in [4.78, 5) is 16.3. The van der Waals surface area contributed by atoms with Crippen molar-refractivity contribution < 1.29 is 14.6 Å². The van der Waals surface area contributed by atoms with Crippen molar-refractivity contribution in [3.05, 3.63) is 34.3 Å². The summed E-state index contributed by atoms with van der Waals surface area (Å²) in [7, 11) is 1.45. The first-order chi connectivity index (χ1) is 10.0. The van der Waals surface area contributed by atoms with Gasteiger partial charge in [-0.3, -0.25) is 4.79 Å². The van der Waals surface area contributed by atoms with E-state index in [-0.39, 0.29) is 19.1 Å². The lowest BCUT2D eigenvalue weighted by Gasteiger charge is -2.03. The monoisotopic (exact) mass is 322 g/mol. The molecule has 0 radical (unpaired) electrons. The van der Waals surface area contributed by atoms with Crippen LogP contribution in [0.2, 0.25) is 0 Å². The lowest BCUT2D eigenvalue weighted by atomic mass is 10.2. The average molecular weight is 322 g/mol.